The van der Waals surface area contributed by atoms with Crippen LogP contribution in [0.4, 0.5) is 4.39 Å². The van der Waals surface area contributed by atoms with E-state index in [1.54, 1.807) is 18.2 Å². The van der Waals surface area contributed by atoms with Crippen molar-refractivity contribution in [1.29, 1.82) is 5.26 Å². The first-order valence-electron chi connectivity index (χ1n) is 6.83. The van der Waals surface area contributed by atoms with Crippen molar-refractivity contribution in [3.05, 3.63) is 51.8 Å². The predicted octanol–water partition coefficient (Wildman–Crippen LogP) is 4.63. The Morgan fingerprint density at radius 1 is 1.30 bits per heavy atom. The van der Waals surface area contributed by atoms with Crippen LogP contribution in [-0.2, 0) is 6.42 Å². The maximum Gasteiger partial charge on any atom is 0.130 e. The molecule has 0 aromatic heterocycles. The third kappa shape index (κ3) is 3.94. The van der Waals surface area contributed by atoms with E-state index in [-0.39, 0.29) is 12.8 Å². The van der Waals surface area contributed by atoms with Gasteiger partial charge in [-0.1, -0.05) is 29.3 Å². The van der Waals surface area contributed by atoms with E-state index in [9.17, 15) is 9.50 Å². The van der Waals surface area contributed by atoms with Crippen LogP contribution in [0.1, 0.15) is 12.0 Å². The highest BCUT2D eigenvalue weighted by atomic mass is 35.5. The summed E-state index contributed by atoms with van der Waals surface area (Å²) in [4.78, 5) is 0. The van der Waals surface area contributed by atoms with Crippen LogP contribution in [0.2, 0.25) is 10.0 Å². The van der Waals surface area contributed by atoms with Gasteiger partial charge in [-0.3, -0.25) is 0 Å². The molecule has 23 heavy (non-hydrogen) atoms. The van der Waals surface area contributed by atoms with Gasteiger partial charge in [0.15, 0.2) is 0 Å². The lowest BCUT2D eigenvalue weighted by Crippen LogP contribution is -2.11. The third-order valence-electron chi connectivity index (χ3n) is 3.35. The molecular weight excluding hydrogens is 340 g/mol. The molecule has 0 heterocycles. The van der Waals surface area contributed by atoms with Gasteiger partial charge in [-0.2, -0.15) is 5.26 Å². The molecule has 0 fully saturated rings. The maximum absolute atomic E-state index is 14.0. The van der Waals surface area contributed by atoms with Crippen molar-refractivity contribution >= 4 is 23.2 Å². The highest BCUT2D eigenvalue weighted by molar-refractivity contribution is 6.39. The standard InChI is InChI=1S/C17H14Cl2FNO2/c1-23-17-10(8-12(22)5-6-21)7-11(20)9-13(17)16-14(18)3-2-4-15(16)19/h2-4,7,9,12,22H,5,8H2,1H3. The summed E-state index contributed by atoms with van der Waals surface area (Å²) in [5.74, 6) is -0.130. The molecule has 2 aromatic carbocycles. The molecule has 2 rings (SSSR count). The quantitative estimate of drug-likeness (QED) is 0.852. The van der Waals surface area contributed by atoms with E-state index in [4.69, 9.17) is 33.2 Å². The van der Waals surface area contributed by atoms with Crippen molar-refractivity contribution in [2.45, 2.75) is 18.9 Å². The average molecular weight is 354 g/mol. The van der Waals surface area contributed by atoms with Crippen molar-refractivity contribution in [1.82, 2.24) is 0 Å². The molecule has 0 amide bonds. The van der Waals surface area contributed by atoms with Gasteiger partial charge in [-0.15, -0.1) is 0 Å². The molecule has 6 heteroatoms. The molecule has 0 spiro atoms. The van der Waals surface area contributed by atoms with E-state index in [0.717, 1.165) is 0 Å². The molecule has 2 aromatic rings. The monoisotopic (exact) mass is 353 g/mol. The van der Waals surface area contributed by atoms with E-state index in [1.807, 2.05) is 6.07 Å². The smallest absolute Gasteiger partial charge is 0.130 e. The second-order valence-electron chi connectivity index (χ2n) is 4.96. The highest BCUT2D eigenvalue weighted by Crippen LogP contribution is 2.42. The van der Waals surface area contributed by atoms with Gasteiger partial charge in [0, 0.05) is 23.1 Å². The van der Waals surface area contributed by atoms with Gasteiger partial charge in [0.2, 0.25) is 0 Å². The number of benzene rings is 2. The minimum atomic E-state index is -0.912. The molecule has 0 radical (unpaired) electrons. The van der Waals surface area contributed by atoms with E-state index in [1.165, 1.54) is 19.2 Å². The van der Waals surface area contributed by atoms with Crippen LogP contribution in [0.15, 0.2) is 30.3 Å². The third-order valence-corrected chi connectivity index (χ3v) is 3.98. The summed E-state index contributed by atoms with van der Waals surface area (Å²) in [6.07, 6.45) is -0.879. The van der Waals surface area contributed by atoms with Crippen LogP contribution in [-0.4, -0.2) is 18.3 Å². The summed E-state index contributed by atoms with van der Waals surface area (Å²) in [6.45, 7) is 0. The lowest BCUT2D eigenvalue weighted by Gasteiger charge is -2.17. The first-order chi connectivity index (χ1) is 11.0. The maximum atomic E-state index is 14.0. The number of hydrogen-bond acceptors (Lipinski definition) is 3. The number of hydrogen-bond donors (Lipinski definition) is 1. The zero-order valence-electron chi connectivity index (χ0n) is 12.3. The van der Waals surface area contributed by atoms with Gasteiger partial charge >= 0.3 is 0 Å². The Bertz CT molecular complexity index is 739. The second-order valence-corrected chi connectivity index (χ2v) is 5.78. The Morgan fingerprint density at radius 2 is 1.96 bits per heavy atom. The molecule has 0 bridgehead atoms. The van der Waals surface area contributed by atoms with Gasteiger partial charge in [0.1, 0.15) is 11.6 Å². The van der Waals surface area contributed by atoms with Crippen molar-refractivity contribution < 1.29 is 14.2 Å². The number of ether oxygens (including phenoxy) is 1. The largest absolute Gasteiger partial charge is 0.496 e. The van der Waals surface area contributed by atoms with Crippen LogP contribution in [0.25, 0.3) is 11.1 Å². The van der Waals surface area contributed by atoms with Gasteiger partial charge in [-0.05, 0) is 24.3 Å². The topological polar surface area (TPSA) is 53.2 Å². The number of halogens is 3. The SMILES string of the molecule is COc1c(CC(O)CC#N)cc(F)cc1-c1c(Cl)cccc1Cl. The Kier molecular flexibility index (Phi) is 5.84. The van der Waals surface area contributed by atoms with Crippen molar-refractivity contribution in [3.8, 4) is 22.9 Å². The fraction of sp³-hybridized carbons (Fsp3) is 0.235. The molecule has 0 aliphatic heterocycles. The number of nitrogens with zero attached hydrogens (tertiary/aromatic N) is 1. The molecule has 0 aliphatic carbocycles. The van der Waals surface area contributed by atoms with Crippen LogP contribution in [0, 0.1) is 17.1 Å². The zero-order chi connectivity index (χ0) is 17.0. The molecule has 1 atom stereocenters. The number of methoxy groups -OCH3 is 1. The van der Waals surface area contributed by atoms with Crippen LogP contribution in [0.3, 0.4) is 0 Å². The zero-order valence-corrected chi connectivity index (χ0v) is 13.8. The van der Waals surface area contributed by atoms with Crippen molar-refractivity contribution in [2.24, 2.45) is 0 Å². The van der Waals surface area contributed by atoms with Crippen molar-refractivity contribution in [2.75, 3.05) is 7.11 Å². The first-order valence-corrected chi connectivity index (χ1v) is 7.59. The molecule has 3 nitrogen and oxygen atoms in total. The van der Waals surface area contributed by atoms with Gasteiger partial charge in [0.25, 0.3) is 0 Å². The van der Waals surface area contributed by atoms with Crippen LogP contribution >= 0.6 is 23.2 Å². The van der Waals surface area contributed by atoms with E-state index >= 15 is 0 Å². The molecule has 0 saturated heterocycles. The van der Waals surface area contributed by atoms with Gasteiger partial charge < -0.3 is 9.84 Å². The second kappa shape index (κ2) is 7.65. The Hall–Kier alpha value is -1.80. The Morgan fingerprint density at radius 3 is 2.52 bits per heavy atom. The van der Waals surface area contributed by atoms with Gasteiger partial charge in [-0.25, -0.2) is 4.39 Å². The van der Waals surface area contributed by atoms with E-state index in [0.29, 0.717) is 32.5 Å². The number of aliphatic hydroxyl groups excluding tert-OH is 1. The van der Waals surface area contributed by atoms with Crippen LogP contribution < -0.4 is 4.74 Å². The summed E-state index contributed by atoms with van der Waals surface area (Å²) < 4.78 is 19.4. The summed E-state index contributed by atoms with van der Waals surface area (Å²) >= 11 is 12.4. The summed E-state index contributed by atoms with van der Waals surface area (Å²) in [5.41, 5.74) is 1.31. The minimum Gasteiger partial charge on any atom is -0.496 e. The summed E-state index contributed by atoms with van der Waals surface area (Å²) in [6, 6.07) is 9.43. The Balaban J connectivity index is 2.61. The Labute approximate surface area is 143 Å². The fourth-order valence-corrected chi connectivity index (χ4v) is 3.02. The fourth-order valence-electron chi connectivity index (χ4n) is 2.41. The lowest BCUT2D eigenvalue weighted by molar-refractivity contribution is 0.179. The normalized spacial score (nSPS) is 11.8. The molecule has 0 aliphatic rings. The number of nitriles is 1. The van der Waals surface area contributed by atoms with E-state index in [2.05, 4.69) is 0 Å². The van der Waals surface area contributed by atoms with Crippen molar-refractivity contribution in [3.63, 3.8) is 0 Å². The summed E-state index contributed by atoms with van der Waals surface area (Å²) in [5, 5.41) is 19.2. The number of rotatable bonds is 5. The molecule has 1 unspecified atom stereocenters. The average Bonchev–Trinajstić information content (AvgIpc) is 2.47. The van der Waals surface area contributed by atoms with Gasteiger partial charge in [0.05, 0.1) is 35.7 Å². The summed E-state index contributed by atoms with van der Waals surface area (Å²) in [7, 11) is 1.45. The number of aliphatic hydroxyl groups is 1. The van der Waals surface area contributed by atoms with E-state index < -0.39 is 11.9 Å². The van der Waals surface area contributed by atoms with Crippen LogP contribution in [0.5, 0.6) is 5.75 Å². The first kappa shape index (κ1) is 17.6. The molecule has 1 N–H and O–H groups in total. The highest BCUT2D eigenvalue weighted by Gasteiger charge is 2.19. The predicted molar refractivity (Wildman–Crippen MR) is 88.3 cm³/mol. The molecule has 0 saturated carbocycles. The lowest BCUT2D eigenvalue weighted by atomic mass is 9.97. The molecule has 120 valence electrons. The minimum absolute atomic E-state index is 0.0537. The molecular formula is C17H14Cl2FNO2.